The molecule has 0 N–H and O–H groups in total. The second kappa shape index (κ2) is 7.38. The average Bonchev–Trinajstić information content (AvgIpc) is 2.98. The maximum absolute atomic E-state index is 4.84. The van der Waals surface area contributed by atoms with Crippen LogP contribution in [0, 0.1) is 0 Å². The third-order valence-electron chi connectivity index (χ3n) is 6.78. The van der Waals surface area contributed by atoms with Gasteiger partial charge >= 0.3 is 0 Å². The van der Waals surface area contributed by atoms with Gasteiger partial charge < -0.3 is 9.47 Å². The van der Waals surface area contributed by atoms with Crippen molar-refractivity contribution in [1.29, 1.82) is 0 Å². The summed E-state index contributed by atoms with van der Waals surface area (Å²) in [7, 11) is 2.17. The first-order valence-corrected chi connectivity index (χ1v) is 11.2. The first-order chi connectivity index (χ1) is 15.3. The maximum atomic E-state index is 4.84. The minimum absolute atomic E-state index is 0.826. The number of nitrogens with zero attached hydrogens (tertiary/aromatic N) is 4. The van der Waals surface area contributed by atoms with E-state index < -0.39 is 0 Å². The van der Waals surface area contributed by atoms with Crippen LogP contribution in [0.1, 0.15) is 36.0 Å². The van der Waals surface area contributed by atoms with E-state index in [9.17, 15) is 0 Å². The summed E-state index contributed by atoms with van der Waals surface area (Å²) in [5.41, 5.74) is 7.13. The molecular formula is C27H26N4. The molecule has 4 aromatic rings. The molecule has 0 radical (unpaired) electrons. The molecule has 6 rings (SSSR count). The minimum atomic E-state index is 0.826. The van der Waals surface area contributed by atoms with Crippen molar-refractivity contribution in [2.24, 2.45) is 17.3 Å². The quantitative estimate of drug-likeness (QED) is 0.409. The van der Waals surface area contributed by atoms with Crippen molar-refractivity contribution in [3.63, 3.8) is 0 Å². The second-order valence-corrected chi connectivity index (χ2v) is 8.66. The predicted molar refractivity (Wildman–Crippen MR) is 129 cm³/mol. The van der Waals surface area contributed by atoms with Crippen LogP contribution >= 0.6 is 0 Å². The summed E-state index contributed by atoms with van der Waals surface area (Å²) in [4.78, 5) is 2.44. The second-order valence-electron chi connectivity index (χ2n) is 8.66. The fourth-order valence-electron chi connectivity index (χ4n) is 5.12. The predicted octanol–water partition coefficient (Wildman–Crippen LogP) is 5.52. The third kappa shape index (κ3) is 3.05. The van der Waals surface area contributed by atoms with E-state index in [1.807, 2.05) is 0 Å². The van der Waals surface area contributed by atoms with Crippen molar-refractivity contribution in [3.05, 3.63) is 83.4 Å². The van der Waals surface area contributed by atoms with Crippen LogP contribution in [0.2, 0.25) is 0 Å². The molecule has 0 unspecified atom stereocenters. The van der Waals surface area contributed by atoms with Crippen molar-refractivity contribution in [3.8, 4) is 0 Å². The molecular weight excluding hydrogens is 380 g/mol. The lowest BCUT2D eigenvalue weighted by molar-refractivity contribution is 0.337. The molecule has 1 aromatic heterocycles. The third-order valence-corrected chi connectivity index (χ3v) is 6.78. The van der Waals surface area contributed by atoms with Gasteiger partial charge in [-0.05, 0) is 43.0 Å². The SMILES string of the molecule is Cn1c2ccccc2c2cc3c(cc21)CC(N1CCCCC1)=NN=C3c1ccccc1. The molecule has 1 fully saturated rings. The van der Waals surface area contributed by atoms with E-state index in [0.29, 0.717) is 0 Å². The van der Waals surface area contributed by atoms with Crippen LogP contribution in [0.25, 0.3) is 21.8 Å². The molecule has 0 spiro atoms. The molecule has 4 nitrogen and oxygen atoms in total. The van der Waals surface area contributed by atoms with E-state index in [-0.39, 0.29) is 0 Å². The summed E-state index contributed by atoms with van der Waals surface area (Å²) in [6.45, 7) is 2.17. The first kappa shape index (κ1) is 18.4. The van der Waals surface area contributed by atoms with Gasteiger partial charge in [0.2, 0.25) is 0 Å². The Kier molecular flexibility index (Phi) is 4.37. The van der Waals surface area contributed by atoms with Gasteiger partial charge in [-0.1, -0.05) is 48.5 Å². The van der Waals surface area contributed by atoms with Crippen molar-refractivity contribution in [2.75, 3.05) is 13.1 Å². The molecule has 31 heavy (non-hydrogen) atoms. The van der Waals surface area contributed by atoms with E-state index in [0.717, 1.165) is 36.6 Å². The largest absolute Gasteiger partial charge is 0.358 e. The van der Waals surface area contributed by atoms with Crippen LogP contribution in [0.5, 0.6) is 0 Å². The van der Waals surface area contributed by atoms with Gasteiger partial charge in [0.25, 0.3) is 0 Å². The Bertz CT molecular complexity index is 1340. The molecule has 2 aliphatic heterocycles. The molecule has 3 heterocycles. The molecule has 154 valence electrons. The van der Waals surface area contributed by atoms with Crippen LogP contribution in [-0.4, -0.2) is 34.1 Å². The molecule has 0 bridgehead atoms. The summed E-state index contributed by atoms with van der Waals surface area (Å²) in [5.74, 6) is 1.10. The standard InChI is InChI=1S/C27H26N4/c1-30-24-13-7-6-12-21(24)23-18-22-20(16-25(23)30)17-26(31-14-8-3-9-15-31)28-29-27(22)19-10-4-2-5-11-19/h2,4-7,10-13,16,18H,3,8-9,14-15,17H2,1H3. The number of hydrogen-bond donors (Lipinski definition) is 0. The van der Waals surface area contributed by atoms with Crippen LogP contribution < -0.4 is 0 Å². The van der Waals surface area contributed by atoms with Crippen LogP contribution in [0.4, 0.5) is 0 Å². The van der Waals surface area contributed by atoms with Gasteiger partial charge in [0.15, 0.2) is 0 Å². The van der Waals surface area contributed by atoms with Gasteiger partial charge in [-0.2, -0.15) is 0 Å². The summed E-state index contributed by atoms with van der Waals surface area (Å²) in [5, 5.41) is 12.2. The summed E-state index contributed by atoms with van der Waals surface area (Å²) >= 11 is 0. The van der Waals surface area contributed by atoms with Crippen LogP contribution in [-0.2, 0) is 13.5 Å². The van der Waals surface area contributed by atoms with E-state index in [4.69, 9.17) is 10.2 Å². The van der Waals surface area contributed by atoms with Crippen LogP contribution in [0.3, 0.4) is 0 Å². The van der Waals surface area contributed by atoms with Gasteiger partial charge in [0.1, 0.15) is 11.5 Å². The number of fused-ring (bicyclic) bond motifs is 4. The Balaban J connectivity index is 1.59. The molecule has 1 saturated heterocycles. The maximum Gasteiger partial charge on any atom is 0.132 e. The topological polar surface area (TPSA) is 32.9 Å². The van der Waals surface area contributed by atoms with Crippen molar-refractivity contribution in [1.82, 2.24) is 9.47 Å². The van der Waals surface area contributed by atoms with Crippen LogP contribution in [0.15, 0.2) is 76.9 Å². The lowest BCUT2D eigenvalue weighted by atomic mass is 9.93. The zero-order valence-electron chi connectivity index (χ0n) is 17.9. The van der Waals surface area contributed by atoms with Gasteiger partial charge in [0.05, 0.1) is 0 Å². The number of aryl methyl sites for hydroxylation is 1. The minimum Gasteiger partial charge on any atom is -0.358 e. The van der Waals surface area contributed by atoms with E-state index in [2.05, 4.69) is 83.2 Å². The lowest BCUT2D eigenvalue weighted by Gasteiger charge is -2.29. The highest BCUT2D eigenvalue weighted by molar-refractivity contribution is 6.18. The monoisotopic (exact) mass is 406 g/mol. The average molecular weight is 407 g/mol. The summed E-state index contributed by atoms with van der Waals surface area (Å²) in [6, 6.07) is 23.8. The van der Waals surface area contributed by atoms with Crippen molar-refractivity contribution < 1.29 is 0 Å². The number of hydrogen-bond acceptors (Lipinski definition) is 3. The number of amidine groups is 1. The highest BCUT2D eigenvalue weighted by Gasteiger charge is 2.23. The van der Waals surface area contributed by atoms with Gasteiger partial charge in [-0.3, -0.25) is 0 Å². The zero-order valence-corrected chi connectivity index (χ0v) is 17.9. The zero-order chi connectivity index (χ0) is 20.8. The Hall–Kier alpha value is -3.40. The molecule has 4 heteroatoms. The Morgan fingerprint density at radius 3 is 2.35 bits per heavy atom. The van der Waals surface area contributed by atoms with Crippen molar-refractivity contribution in [2.45, 2.75) is 25.7 Å². The van der Waals surface area contributed by atoms with Gasteiger partial charge in [-0.25, -0.2) is 0 Å². The fraction of sp³-hybridized carbons (Fsp3) is 0.259. The fourth-order valence-corrected chi connectivity index (χ4v) is 5.12. The normalized spacial score (nSPS) is 16.7. The Morgan fingerprint density at radius 2 is 1.52 bits per heavy atom. The van der Waals surface area contributed by atoms with Crippen molar-refractivity contribution >= 4 is 33.4 Å². The Labute approximate surface area is 182 Å². The number of likely N-dealkylation sites (tertiary alicyclic amines) is 1. The summed E-state index contributed by atoms with van der Waals surface area (Å²) < 4.78 is 2.31. The highest BCUT2D eigenvalue weighted by Crippen LogP contribution is 2.33. The number of piperidine rings is 1. The van der Waals surface area contributed by atoms with E-state index in [1.165, 1.54) is 52.2 Å². The smallest absolute Gasteiger partial charge is 0.132 e. The number of aromatic nitrogens is 1. The highest BCUT2D eigenvalue weighted by atomic mass is 15.3. The first-order valence-electron chi connectivity index (χ1n) is 11.2. The molecule has 0 aliphatic carbocycles. The molecule has 0 atom stereocenters. The summed E-state index contributed by atoms with van der Waals surface area (Å²) in [6.07, 6.45) is 4.62. The van der Waals surface area contributed by atoms with E-state index >= 15 is 0 Å². The van der Waals surface area contributed by atoms with Gasteiger partial charge in [-0.15, -0.1) is 10.2 Å². The Morgan fingerprint density at radius 1 is 0.742 bits per heavy atom. The number of benzene rings is 3. The molecule has 2 aliphatic rings. The number of para-hydroxylation sites is 1. The molecule has 0 amide bonds. The number of rotatable bonds is 1. The molecule has 3 aromatic carbocycles. The van der Waals surface area contributed by atoms with E-state index in [1.54, 1.807) is 0 Å². The molecule has 0 saturated carbocycles. The van der Waals surface area contributed by atoms with Gasteiger partial charge in [0, 0.05) is 59.5 Å². The lowest BCUT2D eigenvalue weighted by Crippen LogP contribution is -2.36.